The van der Waals surface area contributed by atoms with Crippen LogP contribution >= 0.6 is 0 Å². The molecule has 21 heavy (non-hydrogen) atoms. The Morgan fingerprint density at radius 2 is 1.90 bits per heavy atom. The van der Waals surface area contributed by atoms with Gasteiger partial charge in [-0.15, -0.1) is 0 Å². The van der Waals surface area contributed by atoms with Gasteiger partial charge in [0.15, 0.2) is 0 Å². The molecule has 0 bridgehead atoms. The van der Waals surface area contributed by atoms with E-state index in [9.17, 15) is 9.59 Å². The highest BCUT2D eigenvalue weighted by Gasteiger charge is 2.17. The molecule has 0 aliphatic rings. The van der Waals surface area contributed by atoms with Crippen LogP contribution in [0.3, 0.4) is 0 Å². The molecule has 0 fully saturated rings. The lowest BCUT2D eigenvalue weighted by molar-refractivity contribution is -0.128. The Morgan fingerprint density at radius 3 is 2.52 bits per heavy atom. The van der Waals surface area contributed by atoms with Gasteiger partial charge in [-0.05, 0) is 31.2 Å². The number of rotatable bonds is 6. The van der Waals surface area contributed by atoms with Crippen molar-refractivity contribution in [2.45, 2.75) is 19.9 Å². The molecular weight excluding hydrogens is 268 g/mol. The molecule has 2 amide bonds. The van der Waals surface area contributed by atoms with Crippen molar-refractivity contribution >= 4 is 17.5 Å². The van der Waals surface area contributed by atoms with Gasteiger partial charge in [0.2, 0.25) is 11.8 Å². The molecule has 2 aromatic rings. The van der Waals surface area contributed by atoms with Crippen LogP contribution in [0.1, 0.15) is 19.1 Å². The van der Waals surface area contributed by atoms with Gasteiger partial charge in [0.25, 0.3) is 0 Å². The zero-order valence-corrected chi connectivity index (χ0v) is 11.9. The normalized spacial score (nSPS) is 10.1. The summed E-state index contributed by atoms with van der Waals surface area (Å²) in [6, 6.07) is 12.8. The summed E-state index contributed by atoms with van der Waals surface area (Å²) < 4.78 is 5.12. The van der Waals surface area contributed by atoms with E-state index in [2.05, 4.69) is 5.32 Å². The predicted molar refractivity (Wildman–Crippen MR) is 79.6 cm³/mol. The van der Waals surface area contributed by atoms with Crippen molar-refractivity contribution in [2.75, 3.05) is 11.4 Å². The average molecular weight is 286 g/mol. The molecule has 110 valence electrons. The number of hydrogen-bond acceptors (Lipinski definition) is 3. The number of para-hydroxylation sites is 1. The minimum Gasteiger partial charge on any atom is -0.467 e. The van der Waals surface area contributed by atoms with Gasteiger partial charge in [-0.25, -0.2) is 0 Å². The Kier molecular flexibility index (Phi) is 5.15. The van der Waals surface area contributed by atoms with E-state index in [1.165, 1.54) is 0 Å². The molecule has 1 aromatic carbocycles. The molecule has 1 heterocycles. The fourth-order valence-electron chi connectivity index (χ4n) is 2.01. The van der Waals surface area contributed by atoms with Crippen molar-refractivity contribution < 1.29 is 14.0 Å². The van der Waals surface area contributed by atoms with Gasteiger partial charge in [-0.3, -0.25) is 9.59 Å². The highest BCUT2D eigenvalue weighted by molar-refractivity contribution is 6.04. The number of amides is 2. The number of carbonyl (C=O) groups excluding carboxylic acids is 2. The molecule has 0 unspecified atom stereocenters. The van der Waals surface area contributed by atoms with E-state index in [0.29, 0.717) is 12.3 Å². The molecule has 0 aliphatic heterocycles. The van der Waals surface area contributed by atoms with E-state index in [1.54, 1.807) is 23.3 Å². The summed E-state index contributed by atoms with van der Waals surface area (Å²) >= 11 is 0. The van der Waals surface area contributed by atoms with Crippen molar-refractivity contribution in [2.24, 2.45) is 0 Å². The van der Waals surface area contributed by atoms with Crippen molar-refractivity contribution in [1.29, 1.82) is 0 Å². The quantitative estimate of drug-likeness (QED) is 0.829. The minimum absolute atomic E-state index is 0.177. The number of furan rings is 1. The van der Waals surface area contributed by atoms with Crippen molar-refractivity contribution in [3.8, 4) is 0 Å². The molecule has 0 atom stereocenters. The summed E-state index contributed by atoms with van der Waals surface area (Å²) in [4.78, 5) is 25.6. The number of nitrogens with one attached hydrogen (secondary N) is 1. The summed E-state index contributed by atoms with van der Waals surface area (Å²) in [7, 11) is 0. The van der Waals surface area contributed by atoms with Crippen LogP contribution < -0.4 is 10.2 Å². The molecule has 0 radical (unpaired) electrons. The Labute approximate surface area is 123 Å². The SMILES string of the molecule is CCN(C(=O)CC(=O)NCc1ccco1)c1ccccc1. The smallest absolute Gasteiger partial charge is 0.236 e. The van der Waals surface area contributed by atoms with E-state index in [4.69, 9.17) is 4.42 Å². The standard InChI is InChI=1S/C16H18N2O3/c1-2-18(13-7-4-3-5-8-13)16(20)11-15(19)17-12-14-9-6-10-21-14/h3-10H,2,11-12H2,1H3,(H,17,19). The van der Waals surface area contributed by atoms with Crippen LogP contribution in [-0.4, -0.2) is 18.4 Å². The number of nitrogens with zero attached hydrogens (tertiary/aromatic N) is 1. The maximum absolute atomic E-state index is 12.2. The summed E-state index contributed by atoms with van der Waals surface area (Å²) in [5.41, 5.74) is 0.795. The Hall–Kier alpha value is -2.56. The first-order valence-electron chi connectivity index (χ1n) is 6.85. The highest BCUT2D eigenvalue weighted by Crippen LogP contribution is 2.14. The Bertz CT molecular complexity index is 579. The third kappa shape index (κ3) is 4.21. The zero-order valence-electron chi connectivity index (χ0n) is 11.9. The largest absolute Gasteiger partial charge is 0.467 e. The molecule has 5 heteroatoms. The molecule has 0 saturated heterocycles. The Morgan fingerprint density at radius 1 is 1.14 bits per heavy atom. The lowest BCUT2D eigenvalue weighted by Gasteiger charge is -2.20. The average Bonchev–Trinajstić information content (AvgIpc) is 3.00. The second-order valence-corrected chi connectivity index (χ2v) is 4.51. The van der Waals surface area contributed by atoms with Gasteiger partial charge in [0.1, 0.15) is 12.2 Å². The summed E-state index contributed by atoms with van der Waals surface area (Å²) in [5.74, 6) is 0.123. The van der Waals surface area contributed by atoms with Crippen molar-refractivity contribution in [1.82, 2.24) is 5.32 Å². The fraction of sp³-hybridized carbons (Fsp3) is 0.250. The zero-order chi connectivity index (χ0) is 15.1. The third-order valence-electron chi connectivity index (χ3n) is 3.04. The van der Waals surface area contributed by atoms with Gasteiger partial charge >= 0.3 is 0 Å². The fourth-order valence-corrected chi connectivity index (χ4v) is 2.01. The van der Waals surface area contributed by atoms with Crippen LogP contribution in [0.4, 0.5) is 5.69 Å². The highest BCUT2D eigenvalue weighted by atomic mass is 16.3. The van der Waals surface area contributed by atoms with E-state index in [0.717, 1.165) is 5.69 Å². The lowest BCUT2D eigenvalue weighted by atomic mass is 10.2. The second kappa shape index (κ2) is 7.28. The summed E-state index contributed by atoms with van der Waals surface area (Å²) in [5, 5.41) is 2.67. The monoisotopic (exact) mass is 286 g/mol. The van der Waals surface area contributed by atoms with Crippen LogP contribution in [0.5, 0.6) is 0 Å². The van der Waals surface area contributed by atoms with Crippen LogP contribution in [0, 0.1) is 0 Å². The van der Waals surface area contributed by atoms with Crippen molar-refractivity contribution in [3.63, 3.8) is 0 Å². The van der Waals surface area contributed by atoms with Crippen LogP contribution in [0.15, 0.2) is 53.1 Å². The van der Waals surface area contributed by atoms with Crippen LogP contribution in [0.2, 0.25) is 0 Å². The first kappa shape index (κ1) is 14.8. The summed E-state index contributed by atoms with van der Waals surface area (Å²) in [6.45, 7) is 2.69. The van der Waals surface area contributed by atoms with E-state index < -0.39 is 0 Å². The molecular formula is C16H18N2O3. The van der Waals surface area contributed by atoms with Gasteiger partial charge in [0, 0.05) is 12.2 Å². The number of benzene rings is 1. The molecule has 1 N–H and O–H groups in total. The maximum Gasteiger partial charge on any atom is 0.236 e. The predicted octanol–water partition coefficient (Wildman–Crippen LogP) is 2.34. The van der Waals surface area contributed by atoms with Crippen LogP contribution in [0.25, 0.3) is 0 Å². The molecule has 5 nitrogen and oxygen atoms in total. The first-order valence-corrected chi connectivity index (χ1v) is 6.85. The van der Waals surface area contributed by atoms with Crippen LogP contribution in [-0.2, 0) is 16.1 Å². The molecule has 1 aromatic heterocycles. The topological polar surface area (TPSA) is 62.6 Å². The van der Waals surface area contributed by atoms with E-state index in [1.807, 2.05) is 37.3 Å². The van der Waals surface area contributed by atoms with E-state index >= 15 is 0 Å². The third-order valence-corrected chi connectivity index (χ3v) is 3.04. The van der Waals surface area contributed by atoms with Gasteiger partial charge < -0.3 is 14.6 Å². The number of anilines is 1. The molecule has 0 aliphatic carbocycles. The van der Waals surface area contributed by atoms with Gasteiger partial charge in [0.05, 0.1) is 12.8 Å². The summed E-state index contributed by atoms with van der Waals surface area (Å²) in [6.07, 6.45) is 1.37. The molecule has 2 rings (SSSR count). The van der Waals surface area contributed by atoms with Gasteiger partial charge in [-0.1, -0.05) is 18.2 Å². The van der Waals surface area contributed by atoms with Gasteiger partial charge in [-0.2, -0.15) is 0 Å². The minimum atomic E-state index is -0.314. The molecule has 0 spiro atoms. The Balaban J connectivity index is 1.88. The lowest BCUT2D eigenvalue weighted by Crippen LogP contribution is -2.35. The first-order chi connectivity index (χ1) is 10.2. The second-order valence-electron chi connectivity index (χ2n) is 4.51. The number of hydrogen-bond donors (Lipinski definition) is 1. The van der Waals surface area contributed by atoms with E-state index in [-0.39, 0.29) is 24.8 Å². The number of carbonyl (C=O) groups is 2. The maximum atomic E-state index is 12.2. The van der Waals surface area contributed by atoms with Crippen molar-refractivity contribution in [3.05, 3.63) is 54.5 Å². The molecule has 0 saturated carbocycles.